The fourth-order valence-corrected chi connectivity index (χ4v) is 4.12. The maximum absolute atomic E-state index is 13.0. The highest BCUT2D eigenvalue weighted by Gasteiger charge is 2.32. The van der Waals surface area contributed by atoms with Gasteiger partial charge in [0.15, 0.2) is 5.82 Å². The van der Waals surface area contributed by atoms with Gasteiger partial charge in [0.05, 0.1) is 23.5 Å². The Morgan fingerprint density at radius 1 is 0.931 bits per heavy atom. The molecule has 0 N–H and O–H groups in total. The lowest BCUT2D eigenvalue weighted by Gasteiger charge is -2.34. The van der Waals surface area contributed by atoms with Gasteiger partial charge in [0.2, 0.25) is 0 Å². The number of piperidine rings is 2. The van der Waals surface area contributed by atoms with E-state index in [4.69, 9.17) is 0 Å². The van der Waals surface area contributed by atoms with Gasteiger partial charge in [0, 0.05) is 38.2 Å². The van der Waals surface area contributed by atoms with E-state index >= 15 is 0 Å². The van der Waals surface area contributed by atoms with E-state index in [1.165, 1.54) is 18.8 Å². The molecule has 0 bridgehead atoms. The molecule has 1 atom stereocenters. The molecule has 2 aromatic rings. The highest BCUT2D eigenvalue weighted by atomic mass is 16.2. The summed E-state index contributed by atoms with van der Waals surface area (Å²) in [6.45, 7) is 4.07. The van der Waals surface area contributed by atoms with E-state index in [1.807, 2.05) is 11.8 Å². The molecule has 152 valence electrons. The Kier molecular flexibility index (Phi) is 5.78. The largest absolute Gasteiger partial charge is 0.339 e. The number of aryl methyl sites for hydroxylation is 1. The third kappa shape index (κ3) is 4.11. The van der Waals surface area contributed by atoms with Crippen molar-refractivity contribution < 1.29 is 9.59 Å². The molecule has 2 aromatic heterocycles. The van der Waals surface area contributed by atoms with Crippen LogP contribution in [-0.2, 0) is 0 Å². The summed E-state index contributed by atoms with van der Waals surface area (Å²) in [6, 6.07) is -0.212. The number of likely N-dealkylation sites (tertiary alicyclic amines) is 2. The van der Waals surface area contributed by atoms with Crippen LogP contribution in [0.25, 0.3) is 0 Å². The van der Waals surface area contributed by atoms with Gasteiger partial charge in [0.25, 0.3) is 11.8 Å². The fraction of sp³-hybridized carbons (Fsp3) is 0.524. The first-order chi connectivity index (χ1) is 14.1. The van der Waals surface area contributed by atoms with Crippen molar-refractivity contribution in [2.75, 3.05) is 19.6 Å². The number of aromatic nitrogens is 4. The summed E-state index contributed by atoms with van der Waals surface area (Å²) in [4.78, 5) is 46.8. The van der Waals surface area contributed by atoms with Crippen molar-refractivity contribution in [1.82, 2.24) is 29.7 Å². The normalized spacial score (nSPS) is 19.8. The lowest BCUT2D eigenvalue weighted by atomic mass is 10.0. The van der Waals surface area contributed by atoms with E-state index < -0.39 is 0 Å². The maximum Gasteiger partial charge on any atom is 0.274 e. The molecule has 2 aliphatic rings. The predicted molar refractivity (Wildman–Crippen MR) is 106 cm³/mol. The number of hydrogen-bond donors (Lipinski definition) is 0. The molecule has 0 spiro atoms. The van der Waals surface area contributed by atoms with Gasteiger partial charge >= 0.3 is 0 Å². The van der Waals surface area contributed by atoms with Crippen LogP contribution in [0.15, 0.2) is 24.8 Å². The van der Waals surface area contributed by atoms with Crippen LogP contribution in [0.4, 0.5) is 0 Å². The highest BCUT2D eigenvalue weighted by molar-refractivity contribution is 5.95. The zero-order chi connectivity index (χ0) is 20.2. The van der Waals surface area contributed by atoms with Crippen LogP contribution in [0, 0.1) is 6.92 Å². The van der Waals surface area contributed by atoms with Crippen LogP contribution in [0.2, 0.25) is 0 Å². The summed E-state index contributed by atoms with van der Waals surface area (Å²) in [5.41, 5.74) is 1.55. The summed E-state index contributed by atoms with van der Waals surface area (Å²) in [5.74, 6) is 0.442. The third-order valence-corrected chi connectivity index (χ3v) is 5.72. The number of rotatable bonds is 3. The molecule has 2 fully saturated rings. The molecule has 0 aliphatic carbocycles. The summed E-state index contributed by atoms with van der Waals surface area (Å²) < 4.78 is 0. The minimum absolute atomic E-state index is 0.00452. The molecule has 0 saturated carbocycles. The Labute approximate surface area is 170 Å². The molecule has 8 nitrogen and oxygen atoms in total. The van der Waals surface area contributed by atoms with Crippen LogP contribution in [0.3, 0.4) is 0 Å². The number of amides is 2. The first kappa shape index (κ1) is 19.4. The van der Waals surface area contributed by atoms with Gasteiger partial charge in [-0.1, -0.05) is 0 Å². The van der Waals surface area contributed by atoms with Crippen LogP contribution in [0.5, 0.6) is 0 Å². The Morgan fingerprint density at radius 2 is 1.72 bits per heavy atom. The molecule has 4 rings (SSSR count). The van der Waals surface area contributed by atoms with Crippen LogP contribution in [0.1, 0.15) is 76.9 Å². The van der Waals surface area contributed by atoms with Crippen molar-refractivity contribution >= 4 is 11.8 Å². The zero-order valence-electron chi connectivity index (χ0n) is 16.8. The molecule has 2 aliphatic heterocycles. The zero-order valence-corrected chi connectivity index (χ0v) is 16.8. The van der Waals surface area contributed by atoms with E-state index in [0.29, 0.717) is 29.3 Å². The summed E-state index contributed by atoms with van der Waals surface area (Å²) in [6.07, 6.45) is 12.2. The van der Waals surface area contributed by atoms with Crippen molar-refractivity contribution in [2.24, 2.45) is 0 Å². The van der Waals surface area contributed by atoms with Crippen molar-refractivity contribution in [2.45, 2.75) is 51.5 Å². The third-order valence-electron chi connectivity index (χ3n) is 5.72. The van der Waals surface area contributed by atoms with E-state index in [2.05, 4.69) is 19.9 Å². The van der Waals surface area contributed by atoms with Gasteiger partial charge in [0.1, 0.15) is 5.69 Å². The SMILES string of the molecule is Cc1nc([C@H]2CCCCN2C(=O)c2cnccn2)ncc1C(=O)N1CCCCC1. The second-order valence-electron chi connectivity index (χ2n) is 7.68. The van der Waals surface area contributed by atoms with E-state index in [-0.39, 0.29) is 17.9 Å². The monoisotopic (exact) mass is 394 g/mol. The first-order valence-electron chi connectivity index (χ1n) is 10.3. The smallest absolute Gasteiger partial charge is 0.274 e. The molecular weight excluding hydrogens is 368 g/mol. The second kappa shape index (κ2) is 8.63. The quantitative estimate of drug-likeness (QED) is 0.794. The van der Waals surface area contributed by atoms with Gasteiger partial charge in [-0.3, -0.25) is 14.6 Å². The molecule has 2 saturated heterocycles. The highest BCUT2D eigenvalue weighted by Crippen LogP contribution is 2.30. The minimum atomic E-state index is -0.212. The summed E-state index contributed by atoms with van der Waals surface area (Å²) >= 11 is 0. The Bertz CT molecular complexity index is 882. The van der Waals surface area contributed by atoms with Gasteiger partial charge in [-0.2, -0.15) is 0 Å². The van der Waals surface area contributed by atoms with Gasteiger partial charge < -0.3 is 9.80 Å². The number of hydrogen-bond acceptors (Lipinski definition) is 6. The summed E-state index contributed by atoms with van der Waals surface area (Å²) in [7, 11) is 0. The molecule has 2 amide bonds. The second-order valence-corrected chi connectivity index (χ2v) is 7.68. The maximum atomic E-state index is 13.0. The summed E-state index contributed by atoms with van der Waals surface area (Å²) in [5, 5.41) is 0. The Balaban J connectivity index is 1.57. The molecule has 0 aromatic carbocycles. The van der Waals surface area contributed by atoms with Crippen molar-refractivity contribution in [1.29, 1.82) is 0 Å². The number of carbonyl (C=O) groups is 2. The minimum Gasteiger partial charge on any atom is -0.339 e. The Hall–Kier alpha value is -2.90. The van der Waals surface area contributed by atoms with Crippen molar-refractivity contribution in [3.63, 3.8) is 0 Å². The standard InChI is InChI=1S/C21H26N6O2/c1-15-16(20(28)26-10-4-2-5-11-26)13-24-19(25-15)18-7-3-6-12-27(18)21(29)17-14-22-8-9-23-17/h8-9,13-14,18H,2-7,10-12H2,1H3/t18-/m1/s1. The lowest BCUT2D eigenvalue weighted by molar-refractivity contribution is 0.0591. The van der Waals surface area contributed by atoms with E-state index in [0.717, 1.165) is 45.2 Å². The first-order valence-corrected chi connectivity index (χ1v) is 10.3. The van der Waals surface area contributed by atoms with E-state index in [9.17, 15) is 9.59 Å². The van der Waals surface area contributed by atoms with Crippen molar-refractivity contribution in [3.05, 3.63) is 47.6 Å². The average molecular weight is 394 g/mol. The van der Waals surface area contributed by atoms with Gasteiger partial charge in [-0.15, -0.1) is 0 Å². The topological polar surface area (TPSA) is 92.2 Å². The lowest BCUT2D eigenvalue weighted by Crippen LogP contribution is -2.40. The van der Waals surface area contributed by atoms with Gasteiger partial charge in [-0.25, -0.2) is 15.0 Å². The molecule has 0 radical (unpaired) electrons. The van der Waals surface area contributed by atoms with Crippen LogP contribution >= 0.6 is 0 Å². The van der Waals surface area contributed by atoms with Crippen LogP contribution < -0.4 is 0 Å². The van der Waals surface area contributed by atoms with Crippen LogP contribution in [-0.4, -0.2) is 61.2 Å². The Morgan fingerprint density at radius 3 is 2.45 bits per heavy atom. The molecule has 29 heavy (non-hydrogen) atoms. The van der Waals surface area contributed by atoms with Crippen molar-refractivity contribution in [3.8, 4) is 0 Å². The number of carbonyl (C=O) groups excluding carboxylic acids is 2. The van der Waals surface area contributed by atoms with E-state index in [1.54, 1.807) is 17.3 Å². The molecule has 8 heteroatoms. The molecule has 4 heterocycles. The predicted octanol–water partition coefficient (Wildman–Crippen LogP) is 2.57. The fourth-order valence-electron chi connectivity index (χ4n) is 4.12. The average Bonchev–Trinajstić information content (AvgIpc) is 2.79. The molecule has 0 unspecified atom stereocenters. The van der Waals surface area contributed by atoms with Gasteiger partial charge in [-0.05, 0) is 45.4 Å². The number of nitrogens with zero attached hydrogens (tertiary/aromatic N) is 6. The molecular formula is C21H26N6O2.